The van der Waals surface area contributed by atoms with Crippen molar-refractivity contribution in [2.24, 2.45) is 0 Å². The topological polar surface area (TPSA) is 35.5 Å². The second-order valence-electron chi connectivity index (χ2n) is 1.34. The van der Waals surface area contributed by atoms with Gasteiger partial charge < -0.3 is 9.47 Å². The Morgan fingerprint density at radius 1 is 1.70 bits per heavy atom. The number of rotatable bonds is 3. The van der Waals surface area contributed by atoms with Gasteiger partial charge in [0.25, 0.3) is 0 Å². The van der Waals surface area contributed by atoms with Crippen LogP contribution in [0.2, 0.25) is 0 Å². The van der Waals surface area contributed by atoms with Gasteiger partial charge in [-0.05, 0) is 0 Å². The van der Waals surface area contributed by atoms with Crippen LogP contribution in [0.5, 0.6) is 0 Å². The Bertz CT molecular complexity index is 155. The minimum absolute atomic E-state index is 0.0595. The summed E-state index contributed by atoms with van der Waals surface area (Å²) in [5.74, 6) is 2.13. The number of hydrogen-bond acceptors (Lipinski definition) is 3. The molecule has 0 spiro atoms. The van der Waals surface area contributed by atoms with Gasteiger partial charge in [-0.1, -0.05) is 18.6 Å². The molecule has 0 fully saturated rings. The molecule has 0 aliphatic rings. The maximum atomic E-state index is 10.4. The lowest BCUT2D eigenvalue weighted by Gasteiger charge is -1.98. The van der Waals surface area contributed by atoms with Crippen LogP contribution in [-0.2, 0) is 9.47 Å². The first-order chi connectivity index (χ1) is 4.81. The highest BCUT2D eigenvalue weighted by Gasteiger charge is 1.98. The van der Waals surface area contributed by atoms with Gasteiger partial charge in [0.15, 0.2) is 6.61 Å². The quantitative estimate of drug-likeness (QED) is 0.332. The highest BCUT2D eigenvalue weighted by molar-refractivity contribution is 5.60. The van der Waals surface area contributed by atoms with E-state index in [0.29, 0.717) is 0 Å². The molecule has 3 nitrogen and oxygen atoms in total. The summed E-state index contributed by atoms with van der Waals surface area (Å²) in [5.41, 5.74) is 0. The Hall–Kier alpha value is -1.43. The van der Waals surface area contributed by atoms with Crippen LogP contribution in [0, 0.1) is 12.3 Å². The fraction of sp³-hybridized carbons (Fsp3) is 0.286. The predicted molar refractivity (Wildman–Crippen MR) is 36.3 cm³/mol. The fourth-order valence-electron chi connectivity index (χ4n) is 0.269. The Kier molecular flexibility index (Phi) is 4.89. The monoisotopic (exact) mass is 140 g/mol. The molecule has 0 aliphatic heterocycles. The van der Waals surface area contributed by atoms with E-state index in [2.05, 4.69) is 22.0 Å². The predicted octanol–water partition coefficient (Wildman–Crippen LogP) is 0.959. The van der Waals surface area contributed by atoms with Crippen molar-refractivity contribution in [2.75, 3.05) is 13.2 Å². The molecule has 3 heteroatoms. The standard InChI is InChI=1S/C7H8O3/c1-3-5-9-7(8)10-6-4-2/h1,4H,2,5-6H2. The van der Waals surface area contributed by atoms with Crippen LogP contribution in [0.3, 0.4) is 0 Å². The average Bonchev–Trinajstić information content (AvgIpc) is 1.97. The van der Waals surface area contributed by atoms with Gasteiger partial charge in [0.1, 0.15) is 6.61 Å². The summed E-state index contributed by atoms with van der Waals surface area (Å²) in [4.78, 5) is 10.4. The summed E-state index contributed by atoms with van der Waals surface area (Å²) in [6.07, 6.45) is 5.48. The van der Waals surface area contributed by atoms with E-state index in [1.807, 2.05) is 0 Å². The van der Waals surface area contributed by atoms with Crippen molar-refractivity contribution >= 4 is 6.16 Å². The van der Waals surface area contributed by atoms with E-state index in [4.69, 9.17) is 6.42 Å². The molecular weight excluding hydrogens is 132 g/mol. The molecule has 0 unspecified atom stereocenters. The Balaban J connectivity index is 3.27. The lowest BCUT2D eigenvalue weighted by atomic mass is 10.7. The molecule has 0 heterocycles. The number of carbonyl (C=O) groups excluding carboxylic acids is 1. The van der Waals surface area contributed by atoms with Crippen molar-refractivity contribution in [1.82, 2.24) is 0 Å². The Labute approximate surface area is 59.6 Å². The Morgan fingerprint density at radius 2 is 2.40 bits per heavy atom. The molecule has 0 aromatic heterocycles. The summed E-state index contributed by atoms with van der Waals surface area (Å²) in [6, 6.07) is 0. The van der Waals surface area contributed by atoms with Crippen LogP contribution in [0.15, 0.2) is 12.7 Å². The van der Waals surface area contributed by atoms with Crippen LogP contribution in [-0.4, -0.2) is 19.4 Å². The summed E-state index contributed by atoms with van der Waals surface area (Å²) in [5, 5.41) is 0. The molecule has 0 N–H and O–H groups in total. The molecule has 10 heavy (non-hydrogen) atoms. The maximum absolute atomic E-state index is 10.4. The third-order valence-electron chi connectivity index (χ3n) is 0.592. The maximum Gasteiger partial charge on any atom is 0.509 e. The van der Waals surface area contributed by atoms with Crippen LogP contribution >= 0.6 is 0 Å². The van der Waals surface area contributed by atoms with Crippen molar-refractivity contribution in [2.45, 2.75) is 0 Å². The van der Waals surface area contributed by atoms with Crippen LogP contribution in [0.1, 0.15) is 0 Å². The molecule has 0 rings (SSSR count). The van der Waals surface area contributed by atoms with E-state index < -0.39 is 6.16 Å². The molecule has 0 radical (unpaired) electrons. The lowest BCUT2D eigenvalue weighted by molar-refractivity contribution is 0.0732. The molecule has 0 aromatic carbocycles. The lowest BCUT2D eigenvalue weighted by Crippen LogP contribution is -2.07. The van der Waals surface area contributed by atoms with E-state index in [1.165, 1.54) is 6.08 Å². The van der Waals surface area contributed by atoms with E-state index in [0.717, 1.165) is 0 Å². The molecule has 0 atom stereocenters. The molecule has 0 bridgehead atoms. The van der Waals surface area contributed by atoms with Crippen molar-refractivity contribution in [3.05, 3.63) is 12.7 Å². The van der Waals surface area contributed by atoms with Gasteiger partial charge in [-0.3, -0.25) is 0 Å². The fourth-order valence-corrected chi connectivity index (χ4v) is 0.269. The second kappa shape index (κ2) is 5.70. The summed E-state index contributed by atoms with van der Waals surface area (Å²) < 4.78 is 8.77. The smallest absolute Gasteiger partial charge is 0.430 e. The van der Waals surface area contributed by atoms with Gasteiger partial charge >= 0.3 is 6.16 Å². The molecule has 0 aromatic rings. The van der Waals surface area contributed by atoms with Gasteiger partial charge in [-0.25, -0.2) is 4.79 Å². The zero-order valence-corrected chi connectivity index (χ0v) is 5.50. The second-order valence-corrected chi connectivity index (χ2v) is 1.34. The first-order valence-electron chi connectivity index (χ1n) is 2.65. The van der Waals surface area contributed by atoms with Crippen molar-refractivity contribution in [1.29, 1.82) is 0 Å². The molecule has 0 amide bonds. The third kappa shape index (κ3) is 4.72. The number of terminal acetylenes is 1. The van der Waals surface area contributed by atoms with E-state index in [-0.39, 0.29) is 13.2 Å². The highest BCUT2D eigenvalue weighted by Crippen LogP contribution is 1.83. The summed E-state index contributed by atoms with van der Waals surface area (Å²) in [7, 11) is 0. The summed E-state index contributed by atoms with van der Waals surface area (Å²) in [6.45, 7) is 3.42. The first kappa shape index (κ1) is 8.57. The minimum atomic E-state index is -0.766. The number of ether oxygens (including phenoxy) is 2. The molecule has 0 saturated heterocycles. The van der Waals surface area contributed by atoms with Gasteiger partial charge in [-0.2, -0.15) is 0 Å². The van der Waals surface area contributed by atoms with Crippen molar-refractivity contribution in [3.63, 3.8) is 0 Å². The van der Waals surface area contributed by atoms with E-state index >= 15 is 0 Å². The number of hydrogen-bond donors (Lipinski definition) is 0. The van der Waals surface area contributed by atoms with Crippen LogP contribution in [0.25, 0.3) is 0 Å². The van der Waals surface area contributed by atoms with E-state index in [9.17, 15) is 4.79 Å². The third-order valence-corrected chi connectivity index (χ3v) is 0.592. The zero-order chi connectivity index (χ0) is 7.82. The Morgan fingerprint density at radius 3 is 2.90 bits per heavy atom. The molecule has 0 saturated carbocycles. The average molecular weight is 140 g/mol. The summed E-state index contributed by atoms with van der Waals surface area (Å²) >= 11 is 0. The SMILES string of the molecule is C#CCOC(=O)OCC=C. The van der Waals surface area contributed by atoms with Crippen LogP contribution in [0.4, 0.5) is 4.79 Å². The minimum Gasteiger partial charge on any atom is -0.430 e. The van der Waals surface area contributed by atoms with Gasteiger partial charge in [0.2, 0.25) is 0 Å². The highest BCUT2D eigenvalue weighted by atomic mass is 16.7. The molecular formula is C7H8O3. The van der Waals surface area contributed by atoms with Crippen LogP contribution < -0.4 is 0 Å². The molecule has 0 aliphatic carbocycles. The van der Waals surface area contributed by atoms with Gasteiger partial charge in [0.05, 0.1) is 0 Å². The first-order valence-corrected chi connectivity index (χ1v) is 2.65. The molecule has 54 valence electrons. The van der Waals surface area contributed by atoms with E-state index in [1.54, 1.807) is 0 Å². The zero-order valence-electron chi connectivity index (χ0n) is 5.50. The van der Waals surface area contributed by atoms with Gasteiger partial charge in [-0.15, -0.1) is 6.42 Å². The largest absolute Gasteiger partial charge is 0.509 e. The van der Waals surface area contributed by atoms with Crippen molar-refractivity contribution < 1.29 is 14.3 Å². The van der Waals surface area contributed by atoms with Gasteiger partial charge in [0, 0.05) is 0 Å². The van der Waals surface area contributed by atoms with Crippen molar-refractivity contribution in [3.8, 4) is 12.3 Å². The normalized spacial score (nSPS) is 7.50. The number of carbonyl (C=O) groups is 1.